The molecule has 0 amide bonds. The fourth-order valence-corrected chi connectivity index (χ4v) is 3.20. The molecule has 5 nitrogen and oxygen atoms in total. The van der Waals surface area contributed by atoms with Gasteiger partial charge in [0.05, 0.1) is 0 Å². The van der Waals surface area contributed by atoms with E-state index in [4.69, 9.17) is 0 Å². The number of anilines is 1. The summed E-state index contributed by atoms with van der Waals surface area (Å²) in [7, 11) is 0. The monoisotopic (exact) mass is 402 g/mol. The van der Waals surface area contributed by atoms with Crippen LogP contribution in [0.4, 0.5) is 27.8 Å². The highest BCUT2D eigenvalue weighted by atomic mass is 19.4. The Morgan fingerprint density at radius 3 is 2.75 bits per heavy atom. The van der Waals surface area contributed by atoms with Gasteiger partial charge in [-0.05, 0) is 25.5 Å². The molecule has 1 saturated heterocycles. The van der Waals surface area contributed by atoms with Gasteiger partial charge in [-0.3, -0.25) is 4.90 Å². The third-order valence-electron chi connectivity index (χ3n) is 4.40. The van der Waals surface area contributed by atoms with Crippen LogP contribution in [0.25, 0.3) is 0 Å². The van der Waals surface area contributed by atoms with Gasteiger partial charge in [-0.25, -0.2) is 9.97 Å². The molecule has 1 atom stereocenters. The van der Waals surface area contributed by atoms with E-state index in [1.54, 1.807) is 18.2 Å². The fraction of sp³-hybridized carbons (Fsp3) is 0.444. The number of alkyl halides is 5. The Morgan fingerprint density at radius 1 is 1.21 bits per heavy atom. The molecule has 152 valence electrons. The zero-order valence-electron chi connectivity index (χ0n) is 14.8. The predicted molar refractivity (Wildman–Crippen MR) is 92.0 cm³/mol. The van der Waals surface area contributed by atoms with E-state index in [1.165, 1.54) is 6.07 Å². The molecular formula is C18H19F5N4O. The predicted octanol–water partition coefficient (Wildman–Crippen LogP) is 4.17. The maximum absolute atomic E-state index is 12.8. The number of rotatable bonds is 6. The van der Waals surface area contributed by atoms with Crippen molar-refractivity contribution in [3.8, 4) is 5.75 Å². The van der Waals surface area contributed by atoms with Gasteiger partial charge < -0.3 is 10.1 Å². The first-order chi connectivity index (χ1) is 13.3. The summed E-state index contributed by atoms with van der Waals surface area (Å²) < 4.78 is 68.0. The molecule has 1 fully saturated rings. The first kappa shape index (κ1) is 20.2. The summed E-state index contributed by atoms with van der Waals surface area (Å²) in [4.78, 5) is 9.15. The number of nitrogens with one attached hydrogen (secondary N) is 1. The van der Waals surface area contributed by atoms with Crippen LogP contribution in [-0.4, -0.2) is 40.6 Å². The number of ether oxygens (including phenoxy) is 1. The van der Waals surface area contributed by atoms with Gasteiger partial charge in [-0.2, -0.15) is 22.0 Å². The average Bonchev–Trinajstić information content (AvgIpc) is 2.63. The lowest BCUT2D eigenvalue weighted by molar-refractivity contribution is -0.141. The molecule has 0 saturated carbocycles. The molecule has 1 aliphatic rings. The van der Waals surface area contributed by atoms with Crippen LogP contribution < -0.4 is 10.1 Å². The van der Waals surface area contributed by atoms with Gasteiger partial charge in [0.2, 0.25) is 0 Å². The van der Waals surface area contributed by atoms with Crippen LogP contribution in [-0.2, 0) is 12.7 Å². The first-order valence-corrected chi connectivity index (χ1v) is 8.72. The van der Waals surface area contributed by atoms with Gasteiger partial charge in [0.25, 0.3) is 0 Å². The number of hydrogen-bond donors (Lipinski definition) is 1. The molecule has 10 heteroatoms. The molecule has 0 aliphatic carbocycles. The van der Waals surface area contributed by atoms with Crippen LogP contribution in [0.15, 0.2) is 36.7 Å². The molecule has 1 aromatic carbocycles. The summed E-state index contributed by atoms with van der Waals surface area (Å²) >= 11 is 0. The highest BCUT2D eigenvalue weighted by Crippen LogP contribution is 2.29. The lowest BCUT2D eigenvalue weighted by Gasteiger charge is -2.33. The number of likely N-dealkylation sites (tertiary alicyclic amines) is 1. The molecule has 0 spiro atoms. The SMILES string of the molecule is FC(F)Oc1ccccc1CN1CCCC(Nc2cc(C(F)(F)F)ncn2)C1. The van der Waals surface area contributed by atoms with E-state index in [0.717, 1.165) is 31.8 Å². The van der Waals surface area contributed by atoms with Crippen molar-refractivity contribution < 1.29 is 26.7 Å². The number of nitrogens with zero attached hydrogens (tertiary/aromatic N) is 3. The van der Waals surface area contributed by atoms with E-state index >= 15 is 0 Å². The average molecular weight is 402 g/mol. The van der Waals surface area contributed by atoms with Crippen molar-refractivity contribution in [2.45, 2.75) is 38.2 Å². The van der Waals surface area contributed by atoms with E-state index in [9.17, 15) is 22.0 Å². The summed E-state index contributed by atoms with van der Waals surface area (Å²) in [6.07, 6.45) is -2.08. The number of hydrogen-bond acceptors (Lipinski definition) is 5. The van der Waals surface area contributed by atoms with Crippen LogP contribution in [0, 0.1) is 0 Å². The lowest BCUT2D eigenvalue weighted by atomic mass is 10.0. The topological polar surface area (TPSA) is 50.3 Å². The normalized spacial score (nSPS) is 18.3. The Labute approximate surface area is 158 Å². The Kier molecular flexibility index (Phi) is 6.28. The minimum Gasteiger partial charge on any atom is -0.434 e. The van der Waals surface area contributed by atoms with E-state index in [-0.39, 0.29) is 17.6 Å². The number of halogens is 5. The van der Waals surface area contributed by atoms with Crippen LogP contribution in [0.2, 0.25) is 0 Å². The number of piperidine rings is 1. The Bertz CT molecular complexity index is 787. The van der Waals surface area contributed by atoms with E-state index in [0.29, 0.717) is 18.7 Å². The molecule has 0 radical (unpaired) electrons. The van der Waals surface area contributed by atoms with Crippen molar-refractivity contribution in [3.05, 3.63) is 47.9 Å². The molecule has 2 heterocycles. The quantitative estimate of drug-likeness (QED) is 0.735. The van der Waals surface area contributed by atoms with Crippen LogP contribution in [0.5, 0.6) is 5.75 Å². The molecule has 1 N–H and O–H groups in total. The second kappa shape index (κ2) is 8.68. The number of benzene rings is 1. The van der Waals surface area contributed by atoms with Gasteiger partial charge in [0, 0.05) is 30.8 Å². The summed E-state index contributed by atoms with van der Waals surface area (Å²) in [5.41, 5.74) is -0.374. The number of aromatic nitrogens is 2. The third-order valence-corrected chi connectivity index (χ3v) is 4.40. The molecular weight excluding hydrogens is 383 g/mol. The maximum Gasteiger partial charge on any atom is 0.433 e. The van der Waals surface area contributed by atoms with Crippen LogP contribution in [0.1, 0.15) is 24.1 Å². The van der Waals surface area contributed by atoms with Crippen molar-refractivity contribution in [3.63, 3.8) is 0 Å². The van der Waals surface area contributed by atoms with E-state index < -0.39 is 18.5 Å². The Balaban J connectivity index is 1.64. The fourth-order valence-electron chi connectivity index (χ4n) is 3.20. The van der Waals surface area contributed by atoms with Gasteiger partial charge in [-0.15, -0.1) is 0 Å². The Morgan fingerprint density at radius 2 is 2.00 bits per heavy atom. The van der Waals surface area contributed by atoms with Crippen molar-refractivity contribution >= 4 is 5.82 Å². The largest absolute Gasteiger partial charge is 0.434 e. The molecule has 1 aliphatic heterocycles. The van der Waals surface area contributed by atoms with Crippen LogP contribution in [0.3, 0.4) is 0 Å². The van der Waals surface area contributed by atoms with Gasteiger partial charge in [-0.1, -0.05) is 18.2 Å². The molecule has 0 bridgehead atoms. The van der Waals surface area contributed by atoms with Crippen molar-refractivity contribution in [2.24, 2.45) is 0 Å². The smallest absolute Gasteiger partial charge is 0.433 e. The van der Waals surface area contributed by atoms with E-state index in [1.807, 2.05) is 4.90 Å². The lowest BCUT2D eigenvalue weighted by Crippen LogP contribution is -2.41. The highest BCUT2D eigenvalue weighted by molar-refractivity contribution is 5.37. The van der Waals surface area contributed by atoms with Gasteiger partial charge in [0.1, 0.15) is 23.6 Å². The summed E-state index contributed by atoms with van der Waals surface area (Å²) in [6, 6.07) is 7.33. The summed E-state index contributed by atoms with van der Waals surface area (Å²) in [6.45, 7) is -1.22. The highest BCUT2D eigenvalue weighted by Gasteiger charge is 2.33. The zero-order valence-corrected chi connectivity index (χ0v) is 14.8. The second-order valence-electron chi connectivity index (χ2n) is 6.49. The minimum atomic E-state index is -4.54. The van der Waals surface area contributed by atoms with Crippen molar-refractivity contribution in [1.29, 1.82) is 0 Å². The third kappa shape index (κ3) is 5.51. The molecule has 1 unspecified atom stereocenters. The van der Waals surface area contributed by atoms with E-state index in [2.05, 4.69) is 20.0 Å². The summed E-state index contributed by atoms with van der Waals surface area (Å²) in [5.74, 6) is 0.230. The van der Waals surface area contributed by atoms with Gasteiger partial charge >= 0.3 is 12.8 Å². The van der Waals surface area contributed by atoms with Crippen molar-refractivity contribution in [1.82, 2.24) is 14.9 Å². The second-order valence-corrected chi connectivity index (χ2v) is 6.49. The van der Waals surface area contributed by atoms with Gasteiger partial charge in [0.15, 0.2) is 0 Å². The standard InChI is InChI=1S/C18H19F5N4O/c19-17(20)28-14-6-2-1-4-12(14)9-27-7-3-5-13(10-27)26-16-8-15(18(21,22)23)24-11-25-16/h1-2,4,6,8,11,13,17H,3,5,7,9-10H2,(H,24,25,26). The number of para-hydroxylation sites is 1. The maximum atomic E-state index is 12.8. The summed E-state index contributed by atoms with van der Waals surface area (Å²) in [5, 5.41) is 3.01. The van der Waals surface area contributed by atoms with Crippen molar-refractivity contribution in [2.75, 3.05) is 18.4 Å². The zero-order chi connectivity index (χ0) is 20.1. The molecule has 28 heavy (non-hydrogen) atoms. The molecule has 2 aromatic rings. The molecule has 3 rings (SSSR count). The Hall–Kier alpha value is -2.49. The first-order valence-electron chi connectivity index (χ1n) is 8.72. The van der Waals surface area contributed by atoms with Crippen LogP contribution >= 0.6 is 0 Å². The minimum absolute atomic E-state index is 0.107. The molecule has 1 aromatic heterocycles.